The lowest BCUT2D eigenvalue weighted by Crippen LogP contribution is -2.23. The Hall–Kier alpha value is -1.07. The second kappa shape index (κ2) is 7.09. The van der Waals surface area contributed by atoms with Crippen LogP contribution in [0.1, 0.15) is 63.7 Å². The molecule has 2 atom stereocenters. The zero-order chi connectivity index (χ0) is 14.5. The van der Waals surface area contributed by atoms with Crippen LogP contribution in [0.4, 0.5) is 0 Å². The van der Waals surface area contributed by atoms with E-state index in [1.807, 2.05) is 4.68 Å². The minimum Gasteiger partial charge on any atom is -0.493 e. The number of aromatic nitrogens is 2. The molecule has 20 heavy (non-hydrogen) atoms. The van der Waals surface area contributed by atoms with E-state index in [1.165, 1.54) is 12.8 Å². The van der Waals surface area contributed by atoms with E-state index in [1.54, 1.807) is 13.3 Å². The summed E-state index contributed by atoms with van der Waals surface area (Å²) < 4.78 is 13.1. The largest absolute Gasteiger partial charge is 0.493 e. The SMILES string of the molecule is COc1cnn(C(C)C)c1C(N)CCC1CCCCO1. The molecule has 2 rings (SSSR count). The lowest BCUT2D eigenvalue weighted by molar-refractivity contribution is 0.00897. The molecule has 1 aromatic rings. The minimum atomic E-state index is -0.0552. The van der Waals surface area contributed by atoms with Gasteiger partial charge in [0.1, 0.15) is 0 Å². The molecule has 2 N–H and O–H groups in total. The molecule has 1 fully saturated rings. The van der Waals surface area contributed by atoms with Crippen LogP contribution in [-0.4, -0.2) is 29.6 Å². The standard InChI is InChI=1S/C15H27N3O2/c1-11(2)18-15(14(19-3)10-17-18)13(16)8-7-12-6-4-5-9-20-12/h10-13H,4-9,16H2,1-3H3. The van der Waals surface area contributed by atoms with Crippen LogP contribution < -0.4 is 10.5 Å². The maximum Gasteiger partial charge on any atom is 0.161 e. The molecule has 1 aliphatic rings. The van der Waals surface area contributed by atoms with Crippen LogP contribution in [0, 0.1) is 0 Å². The van der Waals surface area contributed by atoms with Crippen molar-refractivity contribution in [1.29, 1.82) is 0 Å². The van der Waals surface area contributed by atoms with Crippen LogP contribution >= 0.6 is 0 Å². The van der Waals surface area contributed by atoms with Crippen LogP contribution in [0.2, 0.25) is 0 Å². The van der Waals surface area contributed by atoms with E-state index in [4.69, 9.17) is 15.2 Å². The number of nitrogens with two attached hydrogens (primary N) is 1. The number of rotatable bonds is 6. The van der Waals surface area contributed by atoms with Crippen LogP contribution in [0.3, 0.4) is 0 Å². The lowest BCUT2D eigenvalue weighted by Gasteiger charge is -2.24. The van der Waals surface area contributed by atoms with Crippen molar-refractivity contribution in [2.24, 2.45) is 5.73 Å². The highest BCUT2D eigenvalue weighted by molar-refractivity contribution is 5.28. The first-order chi connectivity index (χ1) is 9.63. The first kappa shape index (κ1) is 15.3. The third-order valence-electron chi connectivity index (χ3n) is 3.93. The predicted octanol–water partition coefficient (Wildman–Crippen LogP) is 2.82. The van der Waals surface area contributed by atoms with Gasteiger partial charge in [-0.1, -0.05) is 0 Å². The lowest BCUT2D eigenvalue weighted by atomic mass is 10.00. The van der Waals surface area contributed by atoms with Crippen molar-refractivity contribution < 1.29 is 9.47 Å². The van der Waals surface area contributed by atoms with Gasteiger partial charge in [-0.2, -0.15) is 5.10 Å². The van der Waals surface area contributed by atoms with E-state index in [0.717, 1.165) is 37.3 Å². The molecule has 5 heteroatoms. The quantitative estimate of drug-likeness (QED) is 0.871. The van der Waals surface area contributed by atoms with Gasteiger partial charge in [0, 0.05) is 12.6 Å². The highest BCUT2D eigenvalue weighted by atomic mass is 16.5. The number of ether oxygens (including phenoxy) is 2. The van der Waals surface area contributed by atoms with Crippen LogP contribution in [0.25, 0.3) is 0 Å². The average molecular weight is 281 g/mol. The fourth-order valence-electron chi connectivity index (χ4n) is 2.81. The smallest absolute Gasteiger partial charge is 0.161 e. The minimum absolute atomic E-state index is 0.0552. The highest BCUT2D eigenvalue weighted by Gasteiger charge is 2.22. The van der Waals surface area contributed by atoms with Crippen molar-refractivity contribution in [1.82, 2.24) is 9.78 Å². The summed E-state index contributed by atoms with van der Waals surface area (Å²) in [6, 6.07) is 0.228. The molecule has 1 aromatic heterocycles. The Labute approximate surface area is 121 Å². The van der Waals surface area contributed by atoms with Gasteiger partial charge >= 0.3 is 0 Å². The number of hydrogen-bond acceptors (Lipinski definition) is 4. The molecule has 0 amide bonds. The Morgan fingerprint density at radius 2 is 2.30 bits per heavy atom. The summed E-state index contributed by atoms with van der Waals surface area (Å²) in [5, 5.41) is 4.38. The summed E-state index contributed by atoms with van der Waals surface area (Å²) in [5.41, 5.74) is 7.37. The Kier molecular flexibility index (Phi) is 5.43. The van der Waals surface area contributed by atoms with Crippen molar-refractivity contribution in [3.05, 3.63) is 11.9 Å². The topological polar surface area (TPSA) is 62.3 Å². The summed E-state index contributed by atoms with van der Waals surface area (Å²) in [6.45, 7) is 5.10. The summed E-state index contributed by atoms with van der Waals surface area (Å²) >= 11 is 0. The number of methoxy groups -OCH3 is 1. The Bertz CT molecular complexity index is 411. The zero-order valence-electron chi connectivity index (χ0n) is 12.8. The summed E-state index contributed by atoms with van der Waals surface area (Å²) in [7, 11) is 1.67. The van der Waals surface area contributed by atoms with Gasteiger partial charge in [-0.3, -0.25) is 4.68 Å². The summed E-state index contributed by atoms with van der Waals surface area (Å²) in [6.07, 6.45) is 7.66. The van der Waals surface area contributed by atoms with E-state index < -0.39 is 0 Å². The third kappa shape index (κ3) is 3.52. The van der Waals surface area contributed by atoms with Crippen LogP contribution in [0.15, 0.2) is 6.20 Å². The highest BCUT2D eigenvalue weighted by Crippen LogP contribution is 2.30. The van der Waals surface area contributed by atoms with E-state index in [-0.39, 0.29) is 12.1 Å². The third-order valence-corrected chi connectivity index (χ3v) is 3.93. The van der Waals surface area contributed by atoms with Crippen molar-refractivity contribution in [2.45, 2.75) is 64.1 Å². The molecular weight excluding hydrogens is 254 g/mol. The van der Waals surface area contributed by atoms with E-state index in [0.29, 0.717) is 6.10 Å². The Balaban J connectivity index is 2.00. The molecule has 5 nitrogen and oxygen atoms in total. The van der Waals surface area contributed by atoms with Gasteiger partial charge in [-0.15, -0.1) is 0 Å². The summed E-state index contributed by atoms with van der Waals surface area (Å²) in [4.78, 5) is 0. The predicted molar refractivity (Wildman–Crippen MR) is 78.9 cm³/mol. The molecule has 0 saturated carbocycles. The molecule has 0 radical (unpaired) electrons. The maximum atomic E-state index is 6.38. The van der Waals surface area contributed by atoms with Crippen LogP contribution in [0.5, 0.6) is 5.75 Å². The van der Waals surface area contributed by atoms with Gasteiger partial charge in [0.2, 0.25) is 0 Å². The molecule has 1 aliphatic heterocycles. The molecule has 114 valence electrons. The Morgan fingerprint density at radius 1 is 1.50 bits per heavy atom. The summed E-state index contributed by atoms with van der Waals surface area (Å²) in [5.74, 6) is 0.788. The normalized spacial score (nSPS) is 21.1. The molecule has 0 aromatic carbocycles. The van der Waals surface area contributed by atoms with Gasteiger partial charge in [0.15, 0.2) is 5.75 Å². The van der Waals surface area contributed by atoms with Crippen LogP contribution in [-0.2, 0) is 4.74 Å². The maximum absolute atomic E-state index is 6.38. The second-order valence-corrected chi connectivity index (χ2v) is 5.81. The average Bonchev–Trinajstić information content (AvgIpc) is 2.90. The monoisotopic (exact) mass is 281 g/mol. The van der Waals surface area contributed by atoms with E-state index in [9.17, 15) is 0 Å². The zero-order valence-corrected chi connectivity index (χ0v) is 12.8. The van der Waals surface area contributed by atoms with Gasteiger partial charge < -0.3 is 15.2 Å². The number of nitrogens with zero attached hydrogens (tertiary/aromatic N) is 2. The molecule has 1 saturated heterocycles. The molecular formula is C15H27N3O2. The fourth-order valence-corrected chi connectivity index (χ4v) is 2.81. The van der Waals surface area contributed by atoms with Gasteiger partial charge in [0.05, 0.1) is 31.1 Å². The molecule has 2 unspecified atom stereocenters. The van der Waals surface area contributed by atoms with Crippen molar-refractivity contribution in [3.63, 3.8) is 0 Å². The van der Waals surface area contributed by atoms with E-state index >= 15 is 0 Å². The first-order valence-corrected chi connectivity index (χ1v) is 7.62. The molecule has 0 aliphatic carbocycles. The van der Waals surface area contributed by atoms with Crippen molar-refractivity contribution >= 4 is 0 Å². The van der Waals surface area contributed by atoms with Gasteiger partial charge in [-0.05, 0) is 46.0 Å². The molecule has 2 heterocycles. The fraction of sp³-hybridized carbons (Fsp3) is 0.800. The van der Waals surface area contributed by atoms with Gasteiger partial charge in [0.25, 0.3) is 0 Å². The molecule has 0 bridgehead atoms. The van der Waals surface area contributed by atoms with Crippen molar-refractivity contribution in [2.75, 3.05) is 13.7 Å². The van der Waals surface area contributed by atoms with Crippen molar-refractivity contribution in [3.8, 4) is 5.75 Å². The van der Waals surface area contributed by atoms with Gasteiger partial charge in [-0.25, -0.2) is 0 Å². The van der Waals surface area contributed by atoms with E-state index in [2.05, 4.69) is 18.9 Å². The number of hydrogen-bond donors (Lipinski definition) is 1. The molecule has 0 spiro atoms. The Morgan fingerprint density at radius 3 is 2.90 bits per heavy atom. The second-order valence-electron chi connectivity index (χ2n) is 5.81. The first-order valence-electron chi connectivity index (χ1n) is 7.62.